The zero-order chi connectivity index (χ0) is 20.5. The van der Waals surface area contributed by atoms with Gasteiger partial charge in [-0.15, -0.1) is 5.10 Å². The Hall–Kier alpha value is -3.78. The minimum absolute atomic E-state index is 0.121. The lowest BCUT2D eigenvalue weighted by atomic mass is 10.2. The van der Waals surface area contributed by atoms with Gasteiger partial charge in [0.1, 0.15) is 6.33 Å². The van der Waals surface area contributed by atoms with Crippen LogP contribution in [0.15, 0.2) is 66.2 Å². The van der Waals surface area contributed by atoms with E-state index in [1.165, 1.54) is 0 Å². The van der Waals surface area contributed by atoms with Crippen LogP contribution in [-0.4, -0.2) is 35.6 Å². The fourth-order valence-electron chi connectivity index (χ4n) is 3.14. The monoisotopic (exact) mass is 417 g/mol. The number of rotatable bonds is 5. The van der Waals surface area contributed by atoms with E-state index in [9.17, 15) is 0 Å². The van der Waals surface area contributed by atoms with E-state index in [4.69, 9.17) is 16.4 Å². The minimum Gasteiger partial charge on any atom is -0.387 e. The van der Waals surface area contributed by atoms with Crippen molar-refractivity contribution < 1.29 is 4.84 Å². The number of hydrogen-bond donors (Lipinski definition) is 0. The number of fused-ring (bicyclic) bond motifs is 3. The molecule has 0 radical (unpaired) electrons. The summed E-state index contributed by atoms with van der Waals surface area (Å²) in [6.45, 7) is 2.16. The average Bonchev–Trinajstić information content (AvgIpc) is 3.36. The molecule has 8 nitrogen and oxygen atoms in total. The van der Waals surface area contributed by atoms with Gasteiger partial charge in [0.2, 0.25) is 0 Å². The first-order valence-corrected chi connectivity index (χ1v) is 9.62. The Morgan fingerprint density at radius 2 is 2.03 bits per heavy atom. The Bertz CT molecular complexity index is 1390. The molecule has 0 fully saturated rings. The van der Waals surface area contributed by atoms with Crippen LogP contribution in [0.5, 0.6) is 0 Å². The van der Waals surface area contributed by atoms with Gasteiger partial charge in [-0.25, -0.2) is 19.2 Å². The summed E-state index contributed by atoms with van der Waals surface area (Å²) in [4.78, 5) is 14.4. The van der Waals surface area contributed by atoms with Crippen molar-refractivity contribution in [1.29, 1.82) is 0 Å². The maximum absolute atomic E-state index is 6.09. The van der Waals surface area contributed by atoms with Crippen molar-refractivity contribution in [2.24, 2.45) is 5.16 Å². The number of aryl methyl sites for hydroxylation is 1. The van der Waals surface area contributed by atoms with E-state index in [1.807, 2.05) is 43.3 Å². The molecular weight excluding hydrogens is 402 g/mol. The third-order valence-electron chi connectivity index (χ3n) is 4.56. The van der Waals surface area contributed by atoms with Crippen molar-refractivity contribution in [2.45, 2.75) is 13.5 Å². The molecule has 0 atom stereocenters. The van der Waals surface area contributed by atoms with E-state index in [-0.39, 0.29) is 6.61 Å². The van der Waals surface area contributed by atoms with Crippen LogP contribution < -0.4 is 0 Å². The zero-order valence-electron chi connectivity index (χ0n) is 16.0. The number of hydrogen-bond acceptors (Lipinski definition) is 6. The largest absolute Gasteiger partial charge is 0.387 e. The second-order valence-corrected chi connectivity index (χ2v) is 7.11. The highest BCUT2D eigenvalue weighted by atomic mass is 35.5. The molecule has 3 aromatic heterocycles. The van der Waals surface area contributed by atoms with Crippen LogP contribution in [0.1, 0.15) is 17.0 Å². The number of oxime groups is 1. The zero-order valence-corrected chi connectivity index (χ0v) is 16.7. The van der Waals surface area contributed by atoms with Gasteiger partial charge < -0.3 is 4.84 Å². The van der Waals surface area contributed by atoms with Crippen LogP contribution >= 0.6 is 11.6 Å². The molecule has 3 heterocycles. The Kier molecular flexibility index (Phi) is 4.61. The summed E-state index contributed by atoms with van der Waals surface area (Å²) >= 11 is 6.09. The lowest BCUT2D eigenvalue weighted by molar-refractivity contribution is 0.126. The Balaban J connectivity index is 1.40. The molecule has 0 aliphatic carbocycles. The second kappa shape index (κ2) is 7.57. The molecular formula is C21H16ClN7O. The summed E-state index contributed by atoms with van der Waals surface area (Å²) in [6, 6.07) is 15.5. The van der Waals surface area contributed by atoms with E-state index in [1.54, 1.807) is 34.0 Å². The Morgan fingerprint density at radius 1 is 1.13 bits per heavy atom. The summed E-state index contributed by atoms with van der Waals surface area (Å²) in [7, 11) is 0. The van der Waals surface area contributed by atoms with Crippen molar-refractivity contribution in [3.63, 3.8) is 0 Å². The molecule has 0 unspecified atom stereocenters. The predicted molar refractivity (Wildman–Crippen MR) is 114 cm³/mol. The van der Waals surface area contributed by atoms with Gasteiger partial charge in [-0.3, -0.25) is 0 Å². The quantitative estimate of drug-likeness (QED) is 0.319. The SMILES string of the molecule is Cc1cccc(-n2ncc3c2ncn2nc(CON=Cc4ccccc4Cl)nc32)c1. The molecule has 0 aliphatic heterocycles. The van der Waals surface area contributed by atoms with Crippen molar-refractivity contribution in [3.05, 3.63) is 83.0 Å². The second-order valence-electron chi connectivity index (χ2n) is 6.70. The summed E-state index contributed by atoms with van der Waals surface area (Å²) in [5, 5.41) is 14.3. The van der Waals surface area contributed by atoms with Gasteiger partial charge in [0.05, 0.1) is 23.5 Å². The van der Waals surface area contributed by atoms with Gasteiger partial charge in [0, 0.05) is 10.6 Å². The number of benzene rings is 2. The highest BCUT2D eigenvalue weighted by Gasteiger charge is 2.13. The predicted octanol–water partition coefficient (Wildman–Crippen LogP) is 3.98. The molecule has 0 aliphatic rings. The van der Waals surface area contributed by atoms with E-state index in [0.717, 1.165) is 22.2 Å². The molecule has 9 heteroatoms. The first kappa shape index (κ1) is 18.3. The van der Waals surface area contributed by atoms with Crippen LogP contribution in [-0.2, 0) is 11.4 Å². The molecule has 0 bridgehead atoms. The van der Waals surface area contributed by atoms with Crippen molar-refractivity contribution in [3.8, 4) is 5.69 Å². The lowest BCUT2D eigenvalue weighted by Crippen LogP contribution is -1.99. The molecule has 5 aromatic rings. The third kappa shape index (κ3) is 3.37. The standard InChI is InChI=1S/C21H16ClN7O/c1-14-5-4-7-16(9-14)29-20-17(11-24-29)21-26-19(27-28(21)13-23-20)12-30-25-10-15-6-2-3-8-18(15)22/h2-11,13H,12H2,1H3. The maximum Gasteiger partial charge on any atom is 0.192 e. The molecule has 30 heavy (non-hydrogen) atoms. The molecule has 0 saturated carbocycles. The fraction of sp³-hybridized carbons (Fsp3) is 0.0952. The topological polar surface area (TPSA) is 82.5 Å². The molecule has 5 rings (SSSR count). The Morgan fingerprint density at radius 3 is 2.90 bits per heavy atom. The molecule has 2 aromatic carbocycles. The number of aromatic nitrogens is 6. The maximum atomic E-state index is 6.09. The van der Waals surface area contributed by atoms with Crippen LogP contribution in [0.2, 0.25) is 5.02 Å². The molecule has 0 N–H and O–H groups in total. The lowest BCUT2D eigenvalue weighted by Gasteiger charge is -2.03. The van der Waals surface area contributed by atoms with Gasteiger partial charge in [-0.1, -0.05) is 47.1 Å². The third-order valence-corrected chi connectivity index (χ3v) is 4.90. The van der Waals surface area contributed by atoms with E-state index in [0.29, 0.717) is 22.1 Å². The first-order chi connectivity index (χ1) is 14.7. The van der Waals surface area contributed by atoms with E-state index < -0.39 is 0 Å². The van der Waals surface area contributed by atoms with Gasteiger partial charge in [0.25, 0.3) is 0 Å². The molecule has 0 saturated heterocycles. The van der Waals surface area contributed by atoms with Crippen LogP contribution in [0.25, 0.3) is 22.4 Å². The minimum atomic E-state index is 0.121. The van der Waals surface area contributed by atoms with Gasteiger partial charge in [-0.2, -0.15) is 5.10 Å². The van der Waals surface area contributed by atoms with Crippen molar-refractivity contribution in [1.82, 2.24) is 29.4 Å². The Labute approximate surface area is 176 Å². The van der Waals surface area contributed by atoms with Gasteiger partial charge >= 0.3 is 0 Å². The first-order valence-electron chi connectivity index (χ1n) is 9.24. The van der Waals surface area contributed by atoms with Gasteiger partial charge in [0.15, 0.2) is 23.7 Å². The van der Waals surface area contributed by atoms with Crippen LogP contribution in [0, 0.1) is 6.92 Å². The normalized spacial score (nSPS) is 11.7. The molecule has 0 spiro atoms. The smallest absolute Gasteiger partial charge is 0.192 e. The number of halogens is 1. The van der Waals surface area contributed by atoms with Crippen LogP contribution in [0.4, 0.5) is 0 Å². The highest BCUT2D eigenvalue weighted by Crippen LogP contribution is 2.20. The summed E-state index contributed by atoms with van der Waals surface area (Å²) in [6.07, 6.45) is 4.92. The summed E-state index contributed by atoms with van der Waals surface area (Å²) < 4.78 is 3.40. The summed E-state index contributed by atoms with van der Waals surface area (Å²) in [5.41, 5.74) is 4.24. The van der Waals surface area contributed by atoms with Crippen LogP contribution in [0.3, 0.4) is 0 Å². The summed E-state index contributed by atoms with van der Waals surface area (Å²) in [5.74, 6) is 0.490. The van der Waals surface area contributed by atoms with Crippen molar-refractivity contribution >= 4 is 34.5 Å². The number of nitrogens with zero attached hydrogens (tertiary/aromatic N) is 7. The van der Waals surface area contributed by atoms with E-state index >= 15 is 0 Å². The van der Waals surface area contributed by atoms with E-state index in [2.05, 4.69) is 31.4 Å². The van der Waals surface area contributed by atoms with Crippen molar-refractivity contribution in [2.75, 3.05) is 0 Å². The molecule has 0 amide bonds. The fourth-order valence-corrected chi connectivity index (χ4v) is 3.33. The van der Waals surface area contributed by atoms with Gasteiger partial charge in [-0.05, 0) is 30.7 Å². The average molecular weight is 418 g/mol. The highest BCUT2D eigenvalue weighted by molar-refractivity contribution is 6.33. The molecule has 148 valence electrons.